The monoisotopic (exact) mass is 464 g/mol. The molecule has 2 amide bonds. The maximum absolute atomic E-state index is 13.1. The average molecular weight is 465 g/mol. The lowest BCUT2D eigenvalue weighted by molar-refractivity contribution is -0.143. The quantitative estimate of drug-likeness (QED) is 0.521. The number of ether oxygens (including phenoxy) is 1. The number of carbonyl (C=O) groups excluding carboxylic acids is 2. The first-order valence-corrected chi connectivity index (χ1v) is 11.2. The van der Waals surface area contributed by atoms with Gasteiger partial charge in [-0.25, -0.2) is 0 Å². The lowest BCUT2D eigenvalue weighted by Crippen LogP contribution is -2.50. The van der Waals surface area contributed by atoms with Crippen LogP contribution in [0, 0.1) is 12.8 Å². The van der Waals surface area contributed by atoms with Crippen LogP contribution in [0.5, 0.6) is 5.75 Å². The third-order valence-corrected chi connectivity index (χ3v) is 5.53. The van der Waals surface area contributed by atoms with Crippen molar-refractivity contribution in [1.82, 2.24) is 10.2 Å². The molecule has 7 heteroatoms. The Morgan fingerprint density at radius 2 is 1.74 bits per heavy atom. The molecule has 5 nitrogen and oxygen atoms in total. The summed E-state index contributed by atoms with van der Waals surface area (Å²) in [4.78, 5) is 27.5. The van der Waals surface area contributed by atoms with Gasteiger partial charge in [0.05, 0.1) is 10.0 Å². The molecule has 0 radical (unpaired) electrons. The van der Waals surface area contributed by atoms with Crippen LogP contribution in [0.4, 0.5) is 0 Å². The Bertz CT molecular complexity index is 885. The second kappa shape index (κ2) is 12.0. The zero-order chi connectivity index (χ0) is 23.0. The summed E-state index contributed by atoms with van der Waals surface area (Å²) in [5.74, 6) is 0.453. The minimum Gasteiger partial charge on any atom is -0.484 e. The number of rotatable bonds is 10. The van der Waals surface area contributed by atoms with E-state index in [0.717, 1.165) is 11.1 Å². The van der Waals surface area contributed by atoms with Crippen LogP contribution in [-0.4, -0.2) is 35.9 Å². The van der Waals surface area contributed by atoms with Gasteiger partial charge in [0.25, 0.3) is 5.91 Å². The van der Waals surface area contributed by atoms with Crippen molar-refractivity contribution >= 4 is 35.0 Å². The molecule has 31 heavy (non-hydrogen) atoms. The summed E-state index contributed by atoms with van der Waals surface area (Å²) in [6, 6.07) is 12.0. The molecular formula is C24H30Cl2N2O3. The topological polar surface area (TPSA) is 58.6 Å². The van der Waals surface area contributed by atoms with Gasteiger partial charge in [-0.3, -0.25) is 9.59 Å². The van der Waals surface area contributed by atoms with Crippen molar-refractivity contribution in [1.29, 1.82) is 0 Å². The number of halogens is 2. The van der Waals surface area contributed by atoms with Crippen molar-refractivity contribution in [3.8, 4) is 5.75 Å². The highest BCUT2D eigenvalue weighted by Gasteiger charge is 2.29. The summed E-state index contributed by atoms with van der Waals surface area (Å²) in [5.41, 5.74) is 1.89. The van der Waals surface area contributed by atoms with Crippen LogP contribution in [0.1, 0.15) is 38.3 Å². The maximum atomic E-state index is 13.1. The molecule has 2 rings (SSSR count). The SMILES string of the molecule is CC[C@@H](C(=O)NCC(C)C)N(Cc1ccc(Cl)c(Cl)c1)C(=O)COc1ccc(C)cc1. The number of benzene rings is 2. The Morgan fingerprint density at radius 3 is 2.32 bits per heavy atom. The van der Waals surface area contributed by atoms with Crippen molar-refractivity contribution < 1.29 is 14.3 Å². The second-order valence-corrected chi connectivity index (χ2v) is 8.75. The third-order valence-electron chi connectivity index (χ3n) is 4.79. The van der Waals surface area contributed by atoms with Crippen molar-refractivity contribution in [3.63, 3.8) is 0 Å². The molecule has 2 aromatic carbocycles. The number of hydrogen-bond acceptors (Lipinski definition) is 3. The summed E-state index contributed by atoms with van der Waals surface area (Å²) in [5, 5.41) is 3.77. The molecule has 0 bridgehead atoms. The Morgan fingerprint density at radius 1 is 1.06 bits per heavy atom. The highest BCUT2D eigenvalue weighted by atomic mass is 35.5. The molecule has 168 valence electrons. The van der Waals surface area contributed by atoms with Crippen LogP contribution in [0.3, 0.4) is 0 Å². The van der Waals surface area contributed by atoms with Crippen LogP contribution in [0.2, 0.25) is 10.0 Å². The minimum absolute atomic E-state index is 0.168. The molecule has 0 saturated heterocycles. The zero-order valence-corrected chi connectivity index (χ0v) is 20.0. The Kier molecular flexibility index (Phi) is 9.66. The van der Waals surface area contributed by atoms with E-state index in [1.165, 1.54) is 0 Å². The molecule has 0 heterocycles. The fourth-order valence-corrected chi connectivity index (χ4v) is 3.36. The van der Waals surface area contributed by atoms with Gasteiger partial charge in [0.2, 0.25) is 5.91 Å². The number of nitrogens with one attached hydrogen (secondary N) is 1. The summed E-state index contributed by atoms with van der Waals surface area (Å²) in [7, 11) is 0. The van der Waals surface area contributed by atoms with Crippen LogP contribution in [-0.2, 0) is 16.1 Å². The minimum atomic E-state index is -0.623. The van der Waals surface area contributed by atoms with Crippen LogP contribution < -0.4 is 10.1 Å². The molecule has 1 atom stereocenters. The molecule has 0 aromatic heterocycles. The van der Waals surface area contributed by atoms with E-state index >= 15 is 0 Å². The van der Waals surface area contributed by atoms with Gasteiger partial charge in [-0.05, 0) is 49.1 Å². The van der Waals surface area contributed by atoms with E-state index < -0.39 is 6.04 Å². The first-order chi connectivity index (χ1) is 14.7. The average Bonchev–Trinajstić information content (AvgIpc) is 2.74. The van der Waals surface area contributed by atoms with E-state index in [2.05, 4.69) is 5.32 Å². The van der Waals surface area contributed by atoms with Crippen LogP contribution in [0.25, 0.3) is 0 Å². The summed E-state index contributed by atoms with van der Waals surface area (Å²) in [6.07, 6.45) is 0.474. The van der Waals surface area contributed by atoms with E-state index in [1.54, 1.807) is 23.1 Å². The third kappa shape index (κ3) is 7.75. The normalized spacial score (nSPS) is 11.8. The largest absolute Gasteiger partial charge is 0.484 e. The van der Waals surface area contributed by atoms with Crippen LogP contribution >= 0.6 is 23.2 Å². The zero-order valence-electron chi connectivity index (χ0n) is 18.5. The lowest BCUT2D eigenvalue weighted by atomic mass is 10.1. The number of amides is 2. The molecule has 0 aliphatic rings. The fourth-order valence-electron chi connectivity index (χ4n) is 3.04. The second-order valence-electron chi connectivity index (χ2n) is 7.93. The Labute approximate surface area is 194 Å². The van der Waals surface area contributed by atoms with Gasteiger partial charge in [0.15, 0.2) is 6.61 Å². The number of nitrogens with zero attached hydrogens (tertiary/aromatic N) is 1. The maximum Gasteiger partial charge on any atom is 0.261 e. The Balaban J connectivity index is 2.21. The molecular weight excluding hydrogens is 435 g/mol. The van der Waals surface area contributed by atoms with Crippen molar-refractivity contribution in [2.75, 3.05) is 13.2 Å². The van der Waals surface area contributed by atoms with Crippen LogP contribution in [0.15, 0.2) is 42.5 Å². The van der Waals surface area contributed by atoms with Crippen molar-refractivity contribution in [2.45, 2.75) is 46.7 Å². The predicted octanol–water partition coefficient (Wildman–Crippen LogP) is 5.26. The molecule has 0 fully saturated rings. The molecule has 0 aliphatic carbocycles. The van der Waals surface area contributed by atoms with E-state index in [-0.39, 0.29) is 25.0 Å². The van der Waals surface area contributed by atoms with Gasteiger partial charge >= 0.3 is 0 Å². The molecule has 0 saturated carbocycles. The van der Waals surface area contributed by atoms with Gasteiger partial charge in [-0.2, -0.15) is 0 Å². The molecule has 0 unspecified atom stereocenters. The van der Waals surface area contributed by atoms with E-state index in [9.17, 15) is 9.59 Å². The van der Waals surface area contributed by atoms with Gasteiger partial charge in [-0.1, -0.05) is 67.7 Å². The summed E-state index contributed by atoms with van der Waals surface area (Å²) < 4.78 is 5.69. The van der Waals surface area contributed by atoms with E-state index in [1.807, 2.05) is 52.0 Å². The number of aryl methyl sites for hydroxylation is 1. The van der Waals surface area contributed by atoms with Crippen molar-refractivity contribution in [3.05, 3.63) is 63.6 Å². The van der Waals surface area contributed by atoms with Gasteiger partial charge < -0.3 is 15.0 Å². The summed E-state index contributed by atoms with van der Waals surface area (Å²) in [6.45, 7) is 8.51. The van der Waals surface area contributed by atoms with E-state index in [0.29, 0.717) is 34.7 Å². The smallest absolute Gasteiger partial charge is 0.261 e. The molecule has 0 spiro atoms. The molecule has 0 aliphatic heterocycles. The first kappa shape index (κ1) is 25.0. The highest BCUT2D eigenvalue weighted by Crippen LogP contribution is 2.24. The lowest BCUT2D eigenvalue weighted by Gasteiger charge is -2.31. The number of hydrogen-bond donors (Lipinski definition) is 1. The Hall–Kier alpha value is -2.24. The van der Waals surface area contributed by atoms with E-state index in [4.69, 9.17) is 27.9 Å². The van der Waals surface area contributed by atoms with Gasteiger partial charge in [-0.15, -0.1) is 0 Å². The predicted molar refractivity (Wildman–Crippen MR) is 126 cm³/mol. The standard InChI is InChI=1S/C24H30Cl2N2O3/c1-5-22(24(30)27-13-16(2)3)28(14-18-8-11-20(25)21(26)12-18)23(29)15-31-19-9-6-17(4)7-10-19/h6-12,16,22H,5,13-15H2,1-4H3,(H,27,30)/t22-/m0/s1. The van der Waals surface area contributed by atoms with Crippen molar-refractivity contribution in [2.24, 2.45) is 5.92 Å². The van der Waals surface area contributed by atoms with Gasteiger partial charge in [0.1, 0.15) is 11.8 Å². The fraction of sp³-hybridized carbons (Fsp3) is 0.417. The molecule has 2 aromatic rings. The first-order valence-electron chi connectivity index (χ1n) is 10.4. The molecule has 1 N–H and O–H groups in total. The summed E-state index contributed by atoms with van der Waals surface area (Å²) >= 11 is 12.2. The van der Waals surface area contributed by atoms with Gasteiger partial charge in [0, 0.05) is 13.1 Å². The highest BCUT2D eigenvalue weighted by molar-refractivity contribution is 6.42. The number of carbonyl (C=O) groups is 2.